The van der Waals surface area contributed by atoms with Crippen LogP contribution in [-0.4, -0.2) is 46.4 Å². The Morgan fingerprint density at radius 3 is 2.30 bits per heavy atom. The van der Waals surface area contributed by atoms with Crippen LogP contribution in [0.4, 0.5) is 5.69 Å². The van der Waals surface area contributed by atoms with Gasteiger partial charge in [0.15, 0.2) is 11.5 Å². The van der Waals surface area contributed by atoms with Crippen molar-refractivity contribution in [1.82, 2.24) is 4.31 Å². The van der Waals surface area contributed by atoms with Crippen LogP contribution in [0.25, 0.3) is 0 Å². The van der Waals surface area contributed by atoms with Gasteiger partial charge in [0.2, 0.25) is 15.9 Å². The fourth-order valence-corrected chi connectivity index (χ4v) is 3.66. The van der Waals surface area contributed by atoms with Crippen LogP contribution in [0.15, 0.2) is 41.3 Å². The zero-order valence-corrected chi connectivity index (χ0v) is 17.2. The van der Waals surface area contributed by atoms with E-state index < -0.39 is 22.5 Å². The van der Waals surface area contributed by atoms with Crippen molar-refractivity contribution in [3.8, 4) is 11.5 Å². The molecule has 1 N–H and O–H groups in total. The first-order valence-electron chi connectivity index (χ1n) is 7.62. The zero-order valence-electron chi connectivity index (χ0n) is 14.8. The minimum atomic E-state index is -3.91. The fraction of sp³-hybridized carbons (Fsp3) is 0.235. The summed E-state index contributed by atoms with van der Waals surface area (Å²) in [4.78, 5) is 12.2. The molecule has 0 unspecified atom stereocenters. The molecule has 0 saturated carbocycles. The molecule has 2 aromatic carbocycles. The summed E-state index contributed by atoms with van der Waals surface area (Å²) in [6, 6.07) is 8.77. The monoisotopic (exact) mass is 432 g/mol. The van der Waals surface area contributed by atoms with Gasteiger partial charge in [0.25, 0.3) is 0 Å². The summed E-state index contributed by atoms with van der Waals surface area (Å²) in [5.74, 6) is 0.142. The number of hydrogen-bond donors (Lipinski definition) is 1. The topological polar surface area (TPSA) is 84.9 Å². The first kappa shape index (κ1) is 21.3. The molecule has 0 aliphatic carbocycles. The highest BCUT2D eigenvalue weighted by Crippen LogP contribution is 2.30. The number of carbonyl (C=O) groups excluding carboxylic acids is 1. The number of benzene rings is 2. The van der Waals surface area contributed by atoms with Crippen molar-refractivity contribution in [3.63, 3.8) is 0 Å². The first-order chi connectivity index (χ1) is 12.7. The van der Waals surface area contributed by atoms with Crippen LogP contribution >= 0.6 is 23.2 Å². The molecule has 10 heteroatoms. The third kappa shape index (κ3) is 5.04. The Morgan fingerprint density at radius 2 is 1.70 bits per heavy atom. The van der Waals surface area contributed by atoms with E-state index in [1.54, 1.807) is 6.07 Å². The van der Waals surface area contributed by atoms with Crippen LogP contribution in [-0.2, 0) is 14.8 Å². The van der Waals surface area contributed by atoms with E-state index in [9.17, 15) is 13.2 Å². The summed E-state index contributed by atoms with van der Waals surface area (Å²) in [5, 5.41) is 3.20. The van der Waals surface area contributed by atoms with Gasteiger partial charge < -0.3 is 14.8 Å². The molecular formula is C17H18Cl2N2O5S. The molecule has 2 rings (SSSR count). The van der Waals surface area contributed by atoms with E-state index in [1.807, 2.05) is 0 Å². The molecule has 0 bridgehead atoms. The summed E-state index contributed by atoms with van der Waals surface area (Å²) in [6.45, 7) is -0.392. The smallest absolute Gasteiger partial charge is 0.243 e. The lowest BCUT2D eigenvalue weighted by Gasteiger charge is -2.18. The minimum Gasteiger partial charge on any atom is -0.493 e. The van der Waals surface area contributed by atoms with Crippen LogP contribution in [0.2, 0.25) is 10.0 Å². The number of carbonyl (C=O) groups is 1. The third-order valence-corrected chi connectivity index (χ3v) is 6.17. The quantitative estimate of drug-likeness (QED) is 0.725. The van der Waals surface area contributed by atoms with E-state index in [-0.39, 0.29) is 15.7 Å². The van der Waals surface area contributed by atoms with E-state index in [1.165, 1.54) is 51.6 Å². The van der Waals surface area contributed by atoms with E-state index in [0.29, 0.717) is 16.5 Å². The van der Waals surface area contributed by atoms with Crippen LogP contribution in [0.5, 0.6) is 11.5 Å². The highest BCUT2D eigenvalue weighted by Gasteiger charge is 2.24. The molecule has 0 saturated heterocycles. The summed E-state index contributed by atoms with van der Waals surface area (Å²) in [7, 11) is 0.252. The number of likely N-dealkylation sites (N-methyl/N-ethyl adjacent to an activating group) is 1. The van der Waals surface area contributed by atoms with Gasteiger partial charge in [-0.3, -0.25) is 4.79 Å². The molecule has 7 nitrogen and oxygen atoms in total. The Bertz CT molecular complexity index is 950. The van der Waals surface area contributed by atoms with E-state index in [2.05, 4.69) is 5.32 Å². The van der Waals surface area contributed by atoms with Gasteiger partial charge in [-0.15, -0.1) is 0 Å². The molecule has 0 aliphatic rings. The maximum absolute atomic E-state index is 12.7. The van der Waals surface area contributed by atoms with E-state index >= 15 is 0 Å². The fourth-order valence-electron chi connectivity index (χ4n) is 2.22. The van der Waals surface area contributed by atoms with Gasteiger partial charge in [-0.1, -0.05) is 23.2 Å². The molecule has 0 aromatic heterocycles. The number of nitrogens with zero attached hydrogens (tertiary/aromatic N) is 1. The van der Waals surface area contributed by atoms with Crippen molar-refractivity contribution in [2.45, 2.75) is 4.90 Å². The molecule has 0 spiro atoms. The number of nitrogens with one attached hydrogen (secondary N) is 1. The zero-order chi connectivity index (χ0) is 20.2. The third-order valence-electron chi connectivity index (χ3n) is 3.63. The molecule has 1 amide bonds. The number of hydrogen-bond acceptors (Lipinski definition) is 5. The van der Waals surface area contributed by atoms with Gasteiger partial charge >= 0.3 is 0 Å². The van der Waals surface area contributed by atoms with Crippen LogP contribution < -0.4 is 14.8 Å². The predicted octanol–water partition coefficient (Wildman–Crippen LogP) is 3.27. The summed E-state index contributed by atoms with van der Waals surface area (Å²) < 4.78 is 36.5. The van der Waals surface area contributed by atoms with Crippen LogP contribution in [0.3, 0.4) is 0 Å². The van der Waals surface area contributed by atoms with Gasteiger partial charge in [-0.05, 0) is 30.3 Å². The van der Waals surface area contributed by atoms with Gasteiger partial charge in [0.05, 0.1) is 35.7 Å². The second-order valence-corrected chi connectivity index (χ2v) is 8.31. The number of halogens is 2. The number of ether oxygens (including phenoxy) is 2. The largest absolute Gasteiger partial charge is 0.493 e. The van der Waals surface area contributed by atoms with Crippen LogP contribution in [0.1, 0.15) is 0 Å². The van der Waals surface area contributed by atoms with Crippen molar-refractivity contribution in [2.24, 2.45) is 0 Å². The van der Waals surface area contributed by atoms with Crippen molar-refractivity contribution < 1.29 is 22.7 Å². The Morgan fingerprint density at radius 1 is 1.04 bits per heavy atom. The summed E-state index contributed by atoms with van der Waals surface area (Å²) in [6.07, 6.45) is 0. The second-order valence-electron chi connectivity index (χ2n) is 5.45. The molecule has 0 radical (unpaired) electrons. The Labute approximate surface area is 167 Å². The van der Waals surface area contributed by atoms with E-state index in [4.69, 9.17) is 32.7 Å². The maximum Gasteiger partial charge on any atom is 0.243 e. The molecule has 0 aliphatic heterocycles. The molecule has 0 heterocycles. The molecular weight excluding hydrogens is 415 g/mol. The molecule has 27 heavy (non-hydrogen) atoms. The van der Waals surface area contributed by atoms with Gasteiger partial charge in [-0.25, -0.2) is 8.42 Å². The SMILES string of the molecule is COc1ccc(S(=O)(=O)N(C)CC(=O)Nc2ccc(Cl)c(Cl)c2)cc1OC. The minimum absolute atomic E-state index is 0.0232. The number of rotatable bonds is 7. The van der Waals surface area contributed by atoms with Crippen molar-refractivity contribution >= 4 is 44.8 Å². The Balaban J connectivity index is 2.14. The lowest BCUT2D eigenvalue weighted by molar-refractivity contribution is -0.116. The Kier molecular flexibility index (Phi) is 6.94. The first-order valence-corrected chi connectivity index (χ1v) is 9.82. The molecule has 2 aromatic rings. The Hall–Kier alpha value is -2.00. The normalized spacial score (nSPS) is 11.3. The van der Waals surface area contributed by atoms with Crippen molar-refractivity contribution in [3.05, 3.63) is 46.4 Å². The lowest BCUT2D eigenvalue weighted by Crippen LogP contribution is -2.35. The van der Waals surface area contributed by atoms with Gasteiger partial charge in [-0.2, -0.15) is 4.31 Å². The van der Waals surface area contributed by atoms with Gasteiger partial charge in [0, 0.05) is 18.8 Å². The van der Waals surface area contributed by atoms with Crippen LogP contribution in [0, 0.1) is 0 Å². The summed E-state index contributed by atoms with van der Waals surface area (Å²) >= 11 is 11.7. The van der Waals surface area contributed by atoms with Crippen molar-refractivity contribution in [1.29, 1.82) is 0 Å². The number of sulfonamides is 1. The lowest BCUT2D eigenvalue weighted by atomic mass is 10.3. The molecule has 0 fully saturated rings. The second kappa shape index (κ2) is 8.79. The predicted molar refractivity (Wildman–Crippen MR) is 104 cm³/mol. The van der Waals surface area contributed by atoms with Gasteiger partial charge in [0.1, 0.15) is 0 Å². The number of anilines is 1. The molecule has 146 valence electrons. The maximum atomic E-state index is 12.7. The molecule has 0 atom stereocenters. The van der Waals surface area contributed by atoms with E-state index in [0.717, 1.165) is 4.31 Å². The average molecular weight is 433 g/mol. The van der Waals surface area contributed by atoms with Crippen molar-refractivity contribution in [2.75, 3.05) is 33.1 Å². The highest BCUT2D eigenvalue weighted by molar-refractivity contribution is 7.89. The number of methoxy groups -OCH3 is 2. The average Bonchev–Trinajstić information content (AvgIpc) is 2.63. The standard InChI is InChI=1S/C17H18Cl2N2O5S/c1-21(10-17(22)20-11-4-6-13(18)14(19)8-11)27(23,24)12-5-7-15(25-2)16(9-12)26-3/h4-9H,10H2,1-3H3,(H,20,22). The highest BCUT2D eigenvalue weighted by atomic mass is 35.5. The summed E-state index contributed by atoms with van der Waals surface area (Å²) in [5.41, 5.74) is 0.409. The number of amides is 1.